The fourth-order valence-electron chi connectivity index (χ4n) is 2.39. The second-order valence-electron chi connectivity index (χ2n) is 4.71. The molecule has 4 nitrogen and oxygen atoms in total. The smallest absolute Gasteiger partial charge is 0.396 e. The summed E-state index contributed by atoms with van der Waals surface area (Å²) in [5.74, 6) is -2.74. The van der Waals surface area contributed by atoms with Gasteiger partial charge in [0.25, 0.3) is 0 Å². The molecule has 0 saturated carbocycles. The van der Waals surface area contributed by atoms with Crippen LogP contribution in [0.25, 0.3) is 0 Å². The molecule has 1 fully saturated rings. The third-order valence-electron chi connectivity index (χ3n) is 3.40. The van der Waals surface area contributed by atoms with Gasteiger partial charge in [-0.15, -0.1) is 0 Å². The first kappa shape index (κ1) is 15.2. The van der Waals surface area contributed by atoms with E-state index in [-0.39, 0.29) is 19.2 Å². The number of nitrogens with zero attached hydrogens (tertiary/aromatic N) is 1. The second kappa shape index (κ2) is 6.38. The predicted octanol–water partition coefficient (Wildman–Crippen LogP) is 1.34. The Morgan fingerprint density at radius 1 is 1.44 bits per heavy atom. The lowest BCUT2D eigenvalue weighted by atomic mass is 9.97. The molecule has 18 heavy (non-hydrogen) atoms. The summed E-state index contributed by atoms with van der Waals surface area (Å²) in [6, 6.07) is -0.0343. The molecule has 0 bridgehead atoms. The fraction of sp³-hybridized carbons (Fsp3) is 0.909. The first-order chi connectivity index (χ1) is 8.36. The molecule has 106 valence electrons. The summed E-state index contributed by atoms with van der Waals surface area (Å²) >= 11 is 0. The Morgan fingerprint density at radius 2 is 2.11 bits per heavy atom. The van der Waals surface area contributed by atoms with Crippen molar-refractivity contribution in [3.8, 4) is 0 Å². The van der Waals surface area contributed by atoms with E-state index in [1.165, 1.54) is 0 Å². The second-order valence-corrected chi connectivity index (χ2v) is 4.71. The number of alkyl halides is 3. The van der Waals surface area contributed by atoms with Gasteiger partial charge in [0.15, 0.2) is 0 Å². The number of aliphatic hydroxyl groups is 1. The molecule has 7 heteroatoms. The van der Waals surface area contributed by atoms with Gasteiger partial charge in [-0.1, -0.05) is 6.42 Å². The van der Waals surface area contributed by atoms with Gasteiger partial charge in [0.05, 0.1) is 0 Å². The Kier molecular flexibility index (Phi) is 5.40. The zero-order chi connectivity index (χ0) is 13.8. The lowest BCUT2D eigenvalue weighted by Crippen LogP contribution is -2.49. The molecule has 2 atom stereocenters. The van der Waals surface area contributed by atoms with Crippen LogP contribution in [0, 0.1) is 11.3 Å². The van der Waals surface area contributed by atoms with Gasteiger partial charge < -0.3 is 10.8 Å². The van der Waals surface area contributed by atoms with Crippen LogP contribution in [0.2, 0.25) is 0 Å². The molecule has 0 aromatic rings. The Balaban J connectivity index is 2.69. The van der Waals surface area contributed by atoms with Crippen molar-refractivity contribution >= 4 is 5.84 Å². The third kappa shape index (κ3) is 4.13. The van der Waals surface area contributed by atoms with Gasteiger partial charge >= 0.3 is 6.18 Å². The molecule has 0 amide bonds. The number of likely N-dealkylation sites (tertiary alicyclic amines) is 1. The summed E-state index contributed by atoms with van der Waals surface area (Å²) in [4.78, 5) is 1.71. The van der Waals surface area contributed by atoms with Crippen molar-refractivity contribution in [2.75, 3.05) is 19.7 Å². The van der Waals surface area contributed by atoms with E-state index >= 15 is 0 Å². The highest BCUT2D eigenvalue weighted by Gasteiger charge is 2.43. The summed E-state index contributed by atoms with van der Waals surface area (Å²) in [5.41, 5.74) is 5.05. The van der Waals surface area contributed by atoms with Crippen LogP contribution in [0.5, 0.6) is 0 Å². The average Bonchev–Trinajstić information content (AvgIpc) is 2.26. The number of amidine groups is 1. The summed E-state index contributed by atoms with van der Waals surface area (Å²) in [6.07, 6.45) is -1.39. The van der Waals surface area contributed by atoms with E-state index in [2.05, 4.69) is 0 Å². The molecule has 0 radical (unpaired) electrons. The summed E-state index contributed by atoms with van der Waals surface area (Å²) in [5, 5.41) is 16.0. The molecule has 0 aromatic heterocycles. The van der Waals surface area contributed by atoms with E-state index < -0.39 is 17.9 Å². The van der Waals surface area contributed by atoms with Crippen LogP contribution in [0.15, 0.2) is 0 Å². The Morgan fingerprint density at radius 3 is 2.61 bits per heavy atom. The van der Waals surface area contributed by atoms with Gasteiger partial charge in [-0.05, 0) is 25.8 Å². The van der Waals surface area contributed by atoms with Crippen LogP contribution < -0.4 is 5.73 Å². The lowest BCUT2D eigenvalue weighted by molar-refractivity contribution is -0.162. The first-order valence-corrected chi connectivity index (χ1v) is 6.11. The zero-order valence-corrected chi connectivity index (χ0v) is 10.2. The highest BCUT2D eigenvalue weighted by atomic mass is 19.4. The molecule has 1 aliphatic rings. The fourth-order valence-corrected chi connectivity index (χ4v) is 2.39. The number of nitrogens with two attached hydrogens (primary N) is 1. The zero-order valence-electron chi connectivity index (χ0n) is 10.2. The van der Waals surface area contributed by atoms with E-state index in [0.717, 1.165) is 19.3 Å². The Hall–Kier alpha value is -0.820. The van der Waals surface area contributed by atoms with Crippen molar-refractivity contribution in [1.82, 2.24) is 4.90 Å². The highest BCUT2D eigenvalue weighted by molar-refractivity contribution is 5.80. The number of aliphatic hydroxyl groups excluding tert-OH is 1. The van der Waals surface area contributed by atoms with Gasteiger partial charge in [-0.2, -0.15) is 13.2 Å². The average molecular weight is 267 g/mol. The van der Waals surface area contributed by atoms with Gasteiger partial charge in [-0.25, -0.2) is 0 Å². The van der Waals surface area contributed by atoms with Gasteiger partial charge in [0.1, 0.15) is 11.8 Å². The number of rotatable bonds is 5. The normalized spacial score (nSPS) is 23.9. The monoisotopic (exact) mass is 267 g/mol. The molecule has 0 spiro atoms. The van der Waals surface area contributed by atoms with E-state index in [4.69, 9.17) is 16.2 Å². The molecule has 4 N–H and O–H groups in total. The molecular formula is C11H20F3N3O. The minimum Gasteiger partial charge on any atom is -0.396 e. The number of hydrogen-bond acceptors (Lipinski definition) is 3. The minimum absolute atomic E-state index is 0.0298. The van der Waals surface area contributed by atoms with Gasteiger partial charge in [-0.3, -0.25) is 10.3 Å². The summed E-state index contributed by atoms with van der Waals surface area (Å²) in [6.45, 7) is 0.270. The maximum absolute atomic E-state index is 12.7. The van der Waals surface area contributed by atoms with Crippen LogP contribution in [0.1, 0.15) is 25.7 Å². The largest absolute Gasteiger partial charge is 0.399 e. The lowest BCUT2D eigenvalue weighted by Gasteiger charge is -2.37. The van der Waals surface area contributed by atoms with Crippen LogP contribution >= 0.6 is 0 Å². The van der Waals surface area contributed by atoms with Crippen molar-refractivity contribution in [3.05, 3.63) is 0 Å². The highest BCUT2D eigenvalue weighted by Crippen LogP contribution is 2.29. The maximum atomic E-state index is 12.7. The molecule has 2 unspecified atom stereocenters. The summed E-state index contributed by atoms with van der Waals surface area (Å²) in [7, 11) is 0. The molecule has 1 heterocycles. The van der Waals surface area contributed by atoms with E-state index in [1.807, 2.05) is 0 Å². The number of halogens is 3. The Labute approximate surface area is 104 Å². The van der Waals surface area contributed by atoms with Crippen LogP contribution in [0.3, 0.4) is 0 Å². The number of nitrogens with one attached hydrogen (secondary N) is 1. The minimum atomic E-state index is -4.48. The van der Waals surface area contributed by atoms with Crippen LogP contribution in [-0.2, 0) is 0 Å². The summed E-state index contributed by atoms with van der Waals surface area (Å²) < 4.78 is 38.2. The molecule has 0 aliphatic carbocycles. The van der Waals surface area contributed by atoms with Crippen molar-refractivity contribution in [2.24, 2.45) is 11.7 Å². The third-order valence-corrected chi connectivity index (χ3v) is 3.40. The molecule has 1 rings (SSSR count). The molecular weight excluding hydrogens is 247 g/mol. The topological polar surface area (TPSA) is 73.3 Å². The Bertz CT molecular complexity index is 281. The van der Waals surface area contributed by atoms with Crippen molar-refractivity contribution in [3.63, 3.8) is 0 Å². The van der Waals surface area contributed by atoms with E-state index in [9.17, 15) is 13.2 Å². The van der Waals surface area contributed by atoms with Crippen molar-refractivity contribution in [1.29, 1.82) is 5.41 Å². The van der Waals surface area contributed by atoms with Crippen LogP contribution in [0.4, 0.5) is 13.2 Å². The first-order valence-electron chi connectivity index (χ1n) is 6.11. The molecule has 1 saturated heterocycles. The van der Waals surface area contributed by atoms with Gasteiger partial charge in [0, 0.05) is 19.2 Å². The molecule has 1 aliphatic heterocycles. The quantitative estimate of drug-likeness (QED) is 0.520. The SMILES string of the molecule is N=C(N)C(CN1CCCCC1CCO)C(F)(F)F. The number of hydrogen-bond donors (Lipinski definition) is 3. The van der Waals surface area contributed by atoms with Crippen molar-refractivity contribution < 1.29 is 18.3 Å². The standard InChI is InChI=1S/C11H20F3N3O/c12-11(13,14)9(10(15)16)7-17-5-2-1-3-8(17)4-6-18/h8-9,18H,1-7H2,(H3,15,16). The van der Waals surface area contributed by atoms with E-state index in [0.29, 0.717) is 13.0 Å². The molecule has 0 aromatic carbocycles. The van der Waals surface area contributed by atoms with E-state index in [1.54, 1.807) is 4.90 Å². The van der Waals surface area contributed by atoms with Gasteiger partial charge in [0.2, 0.25) is 0 Å². The van der Waals surface area contributed by atoms with Crippen molar-refractivity contribution in [2.45, 2.75) is 37.9 Å². The maximum Gasteiger partial charge on any atom is 0.399 e. The number of piperidine rings is 1. The predicted molar refractivity (Wildman–Crippen MR) is 62.4 cm³/mol. The van der Waals surface area contributed by atoms with Crippen LogP contribution in [-0.4, -0.2) is 47.8 Å².